The molecular formula is C6H5NiO7-. The van der Waals surface area contributed by atoms with Crippen LogP contribution in [0.4, 0.5) is 0 Å². The number of carbonyl (C=O) groups excluding carboxylic acids is 3. The van der Waals surface area contributed by atoms with E-state index in [0.717, 1.165) is 0 Å². The van der Waals surface area contributed by atoms with E-state index in [0.29, 0.717) is 0 Å². The van der Waals surface area contributed by atoms with E-state index in [1.807, 2.05) is 0 Å². The van der Waals surface area contributed by atoms with E-state index in [-0.39, 0.29) is 16.5 Å². The maximum absolute atomic E-state index is 10.1. The molecule has 82 valence electrons. The molecule has 0 rings (SSSR count). The molecule has 0 aliphatic rings. The summed E-state index contributed by atoms with van der Waals surface area (Å²) in [5, 5.41) is 38.9. The summed E-state index contributed by atoms with van der Waals surface area (Å²) in [7, 11) is 0. The van der Waals surface area contributed by atoms with Crippen LogP contribution in [0.15, 0.2) is 0 Å². The topological polar surface area (TPSA) is 141 Å². The van der Waals surface area contributed by atoms with Crippen molar-refractivity contribution in [1.82, 2.24) is 0 Å². The molecule has 0 spiro atoms. The Hall–Kier alpha value is -1.14. The van der Waals surface area contributed by atoms with Crippen molar-refractivity contribution in [3.05, 3.63) is 0 Å². The second kappa shape index (κ2) is 5.56. The van der Waals surface area contributed by atoms with E-state index in [4.69, 9.17) is 5.11 Å². The summed E-state index contributed by atoms with van der Waals surface area (Å²) in [6.45, 7) is 0. The Kier molecular flexibility index (Phi) is 6.10. The Labute approximate surface area is 88.3 Å². The Morgan fingerprint density at radius 3 is 1.43 bits per heavy atom. The van der Waals surface area contributed by atoms with E-state index >= 15 is 0 Å². The average Bonchev–Trinajstić information content (AvgIpc) is 1.82. The summed E-state index contributed by atoms with van der Waals surface area (Å²) in [6, 6.07) is 0. The van der Waals surface area contributed by atoms with Gasteiger partial charge in [0.05, 0.1) is 5.97 Å². The SMILES string of the molecule is O=C([O-])CC(O)(CC(=O)[O-])C(=O)[O-].[Ni+2]. The van der Waals surface area contributed by atoms with Crippen molar-refractivity contribution in [3.63, 3.8) is 0 Å². The van der Waals surface area contributed by atoms with Crippen molar-refractivity contribution < 1.29 is 51.3 Å². The molecule has 8 heteroatoms. The first-order valence-corrected chi connectivity index (χ1v) is 3.11. The first kappa shape index (κ1) is 15.3. The normalized spacial score (nSPS) is 10.1. The molecule has 0 amide bonds. The molecule has 0 atom stereocenters. The average molecular weight is 248 g/mol. The van der Waals surface area contributed by atoms with Crippen LogP contribution < -0.4 is 15.3 Å². The van der Waals surface area contributed by atoms with Gasteiger partial charge in [0, 0.05) is 24.8 Å². The van der Waals surface area contributed by atoms with Gasteiger partial charge in [0.2, 0.25) is 0 Å². The second-order valence-electron chi connectivity index (χ2n) is 2.42. The molecule has 14 heavy (non-hydrogen) atoms. The van der Waals surface area contributed by atoms with E-state index < -0.39 is 36.4 Å². The minimum atomic E-state index is -2.97. The number of rotatable bonds is 5. The zero-order valence-corrected chi connectivity index (χ0v) is 7.61. The molecular weight excluding hydrogens is 243 g/mol. The number of hydrogen-bond donors (Lipinski definition) is 1. The molecule has 0 aromatic heterocycles. The Morgan fingerprint density at radius 1 is 1.00 bits per heavy atom. The van der Waals surface area contributed by atoms with Gasteiger partial charge in [-0.2, -0.15) is 0 Å². The maximum Gasteiger partial charge on any atom is 2.00 e. The summed E-state index contributed by atoms with van der Waals surface area (Å²) >= 11 is 0. The van der Waals surface area contributed by atoms with Gasteiger partial charge in [0.25, 0.3) is 0 Å². The van der Waals surface area contributed by atoms with Gasteiger partial charge in [-0.1, -0.05) is 0 Å². The van der Waals surface area contributed by atoms with Crippen LogP contribution in [0.5, 0.6) is 0 Å². The third-order valence-electron chi connectivity index (χ3n) is 1.25. The summed E-state index contributed by atoms with van der Waals surface area (Å²) in [4.78, 5) is 30.0. The minimum absolute atomic E-state index is 0. The largest absolute Gasteiger partial charge is 2.00 e. The third kappa shape index (κ3) is 4.78. The van der Waals surface area contributed by atoms with Crippen LogP contribution in [0, 0.1) is 0 Å². The van der Waals surface area contributed by atoms with Crippen LogP contribution in [0.3, 0.4) is 0 Å². The minimum Gasteiger partial charge on any atom is -0.550 e. The van der Waals surface area contributed by atoms with Crippen molar-refractivity contribution in [1.29, 1.82) is 0 Å². The number of carbonyl (C=O) groups is 3. The predicted molar refractivity (Wildman–Crippen MR) is 29.2 cm³/mol. The van der Waals surface area contributed by atoms with Gasteiger partial charge in [0.15, 0.2) is 0 Å². The van der Waals surface area contributed by atoms with E-state index in [1.54, 1.807) is 0 Å². The van der Waals surface area contributed by atoms with Crippen LogP contribution in [-0.2, 0) is 30.9 Å². The molecule has 0 heterocycles. The van der Waals surface area contributed by atoms with Gasteiger partial charge in [-0.15, -0.1) is 0 Å². The van der Waals surface area contributed by atoms with Gasteiger partial charge >= 0.3 is 16.5 Å². The van der Waals surface area contributed by atoms with Gasteiger partial charge in [-0.3, -0.25) is 0 Å². The number of hydrogen-bond acceptors (Lipinski definition) is 7. The van der Waals surface area contributed by atoms with Crippen molar-refractivity contribution in [2.24, 2.45) is 0 Å². The predicted octanol–water partition coefficient (Wildman–Crippen LogP) is -5.26. The van der Waals surface area contributed by atoms with Crippen LogP contribution >= 0.6 is 0 Å². The molecule has 0 aromatic carbocycles. The maximum atomic E-state index is 10.1. The molecule has 1 N–H and O–H groups in total. The Morgan fingerprint density at radius 2 is 1.29 bits per heavy atom. The van der Waals surface area contributed by atoms with Gasteiger partial charge in [-0.05, 0) is 0 Å². The van der Waals surface area contributed by atoms with Crippen LogP contribution in [-0.4, -0.2) is 28.6 Å². The molecule has 0 aliphatic heterocycles. The summed E-state index contributed by atoms with van der Waals surface area (Å²) in [6.07, 6.45) is -2.72. The molecule has 0 fully saturated rings. The smallest absolute Gasteiger partial charge is 0.550 e. The van der Waals surface area contributed by atoms with Crippen molar-refractivity contribution >= 4 is 17.9 Å². The van der Waals surface area contributed by atoms with Crippen LogP contribution in [0.2, 0.25) is 0 Å². The Bertz CT molecular complexity index is 233. The standard InChI is InChI=1S/C6H8O7.Ni/c7-3(8)1-6(13,5(11)12)2-4(9)10;/h13H,1-2H2,(H,7,8)(H,9,10)(H,11,12);/q;+2/p-3. The Balaban J connectivity index is 0. The van der Waals surface area contributed by atoms with Crippen LogP contribution in [0.25, 0.3) is 0 Å². The number of carboxylic acid groups (broad SMARTS) is 3. The van der Waals surface area contributed by atoms with E-state index in [1.165, 1.54) is 0 Å². The van der Waals surface area contributed by atoms with Crippen molar-refractivity contribution in [2.45, 2.75) is 18.4 Å². The molecule has 0 saturated carbocycles. The van der Waals surface area contributed by atoms with Gasteiger partial charge in [-0.25, -0.2) is 0 Å². The second-order valence-corrected chi connectivity index (χ2v) is 2.42. The fraction of sp³-hybridized carbons (Fsp3) is 0.500. The molecule has 0 unspecified atom stereocenters. The third-order valence-corrected chi connectivity index (χ3v) is 1.25. The van der Waals surface area contributed by atoms with E-state index in [9.17, 15) is 29.7 Å². The quantitative estimate of drug-likeness (QED) is 0.479. The number of carboxylic acids is 3. The molecule has 0 aromatic rings. The van der Waals surface area contributed by atoms with Crippen molar-refractivity contribution in [3.8, 4) is 0 Å². The molecule has 0 bridgehead atoms. The van der Waals surface area contributed by atoms with Gasteiger partial charge < -0.3 is 34.8 Å². The molecule has 0 saturated heterocycles. The molecule has 7 nitrogen and oxygen atoms in total. The summed E-state index contributed by atoms with van der Waals surface area (Å²) in [5.74, 6) is -5.98. The zero-order valence-electron chi connectivity index (χ0n) is 6.63. The van der Waals surface area contributed by atoms with Crippen molar-refractivity contribution in [2.75, 3.05) is 0 Å². The zero-order chi connectivity index (χ0) is 10.6. The first-order valence-electron chi connectivity index (χ1n) is 3.11. The summed E-state index contributed by atoms with van der Waals surface area (Å²) < 4.78 is 0. The summed E-state index contributed by atoms with van der Waals surface area (Å²) in [5.41, 5.74) is -2.97. The fourth-order valence-electron chi connectivity index (χ4n) is 0.684. The van der Waals surface area contributed by atoms with E-state index in [2.05, 4.69) is 0 Å². The van der Waals surface area contributed by atoms with Gasteiger partial charge in [0.1, 0.15) is 5.60 Å². The monoisotopic (exact) mass is 247 g/mol. The molecule has 0 radical (unpaired) electrons. The molecule has 0 aliphatic carbocycles. The first-order chi connectivity index (χ1) is 5.78. The van der Waals surface area contributed by atoms with Crippen LogP contribution in [0.1, 0.15) is 12.8 Å². The number of aliphatic carboxylic acids is 3. The fourth-order valence-corrected chi connectivity index (χ4v) is 0.684. The number of aliphatic hydroxyl groups is 1.